The summed E-state index contributed by atoms with van der Waals surface area (Å²) in [5.74, 6) is -0.297. The van der Waals surface area contributed by atoms with Crippen molar-refractivity contribution in [2.24, 2.45) is 0 Å². The normalized spacial score (nSPS) is 19.6. The molecule has 0 bridgehead atoms. The van der Waals surface area contributed by atoms with Gasteiger partial charge in [0.2, 0.25) is 0 Å². The molecule has 0 radical (unpaired) electrons. The Bertz CT molecular complexity index is 1390. The number of aliphatic hydroxyl groups is 1. The monoisotopic (exact) mass is 482 g/mol. The fourth-order valence-electron chi connectivity index (χ4n) is 5.04. The number of carbonyl (C=O) groups excluding carboxylic acids is 1. The van der Waals surface area contributed by atoms with Crippen LogP contribution in [0.25, 0.3) is 5.76 Å². The molecule has 5 heteroatoms. The molecular formula is C30H27ClN2O2. The van der Waals surface area contributed by atoms with E-state index >= 15 is 0 Å². The first kappa shape index (κ1) is 23.1. The lowest BCUT2D eigenvalue weighted by molar-refractivity contribution is -0.116. The number of aliphatic hydroxyl groups excluding tert-OH is 1. The minimum Gasteiger partial charge on any atom is -0.507 e. The highest BCUT2D eigenvalue weighted by Gasteiger charge is 2.43. The van der Waals surface area contributed by atoms with Crippen LogP contribution in [0.5, 0.6) is 0 Å². The SMILES string of the molecule is Cc1ccc([C@@H]2C(=C(O)c3ccccc3)C(=N)N(c3ccc(C)c(Cl)c3)C3=C2C(=O)CCC3)cc1. The number of nitrogens with one attached hydrogen (secondary N) is 1. The highest BCUT2D eigenvalue weighted by atomic mass is 35.5. The van der Waals surface area contributed by atoms with E-state index in [9.17, 15) is 15.3 Å². The molecule has 176 valence electrons. The molecule has 2 aliphatic rings. The first-order valence-electron chi connectivity index (χ1n) is 11.8. The van der Waals surface area contributed by atoms with Crippen LogP contribution in [-0.4, -0.2) is 16.7 Å². The van der Waals surface area contributed by atoms with Crippen LogP contribution >= 0.6 is 11.6 Å². The zero-order chi connectivity index (χ0) is 24.7. The lowest BCUT2D eigenvalue weighted by Crippen LogP contribution is -2.42. The second-order valence-corrected chi connectivity index (χ2v) is 9.63. The molecule has 0 spiro atoms. The largest absolute Gasteiger partial charge is 0.507 e. The molecule has 0 fully saturated rings. The minimum absolute atomic E-state index is 0.00862. The van der Waals surface area contributed by atoms with Gasteiger partial charge in [-0.2, -0.15) is 0 Å². The molecular weight excluding hydrogens is 456 g/mol. The van der Waals surface area contributed by atoms with Crippen molar-refractivity contribution in [2.45, 2.75) is 39.0 Å². The Morgan fingerprint density at radius 3 is 2.40 bits per heavy atom. The number of halogens is 1. The van der Waals surface area contributed by atoms with E-state index in [1.165, 1.54) is 0 Å². The Balaban J connectivity index is 1.83. The third kappa shape index (κ3) is 4.08. The fourth-order valence-corrected chi connectivity index (χ4v) is 5.22. The number of anilines is 1. The van der Waals surface area contributed by atoms with Gasteiger partial charge in [-0.15, -0.1) is 0 Å². The zero-order valence-electron chi connectivity index (χ0n) is 19.8. The van der Waals surface area contributed by atoms with E-state index in [4.69, 9.17) is 11.6 Å². The van der Waals surface area contributed by atoms with Crippen molar-refractivity contribution in [3.05, 3.63) is 117 Å². The lowest BCUT2D eigenvalue weighted by atomic mass is 9.73. The van der Waals surface area contributed by atoms with E-state index in [2.05, 4.69) is 0 Å². The molecule has 0 amide bonds. The van der Waals surface area contributed by atoms with Crippen molar-refractivity contribution in [1.82, 2.24) is 0 Å². The molecule has 1 aliphatic carbocycles. The second-order valence-electron chi connectivity index (χ2n) is 9.23. The smallest absolute Gasteiger partial charge is 0.161 e. The van der Waals surface area contributed by atoms with Crippen LogP contribution in [-0.2, 0) is 4.79 Å². The quantitative estimate of drug-likeness (QED) is 0.379. The third-order valence-electron chi connectivity index (χ3n) is 6.88. The maximum absolute atomic E-state index is 13.5. The molecule has 0 unspecified atom stereocenters. The Morgan fingerprint density at radius 1 is 1.00 bits per heavy atom. The number of Topliss-reactive ketones (excluding diaryl/α,β-unsaturated/α-hetero) is 1. The van der Waals surface area contributed by atoms with Crippen molar-refractivity contribution >= 4 is 34.7 Å². The number of hydrogen-bond acceptors (Lipinski definition) is 3. The van der Waals surface area contributed by atoms with Crippen LogP contribution in [0.1, 0.15) is 47.4 Å². The molecule has 3 aromatic carbocycles. The van der Waals surface area contributed by atoms with Crippen LogP contribution in [0.3, 0.4) is 0 Å². The van der Waals surface area contributed by atoms with E-state index in [1.54, 1.807) is 4.90 Å². The average Bonchev–Trinajstić information content (AvgIpc) is 2.86. The van der Waals surface area contributed by atoms with Crippen LogP contribution < -0.4 is 4.90 Å². The van der Waals surface area contributed by atoms with Crippen molar-refractivity contribution < 1.29 is 9.90 Å². The van der Waals surface area contributed by atoms with Crippen LogP contribution in [0.4, 0.5) is 5.69 Å². The standard InChI is InChI=1S/C30H27ClN2O2/c1-18-11-14-20(15-12-18)26-27-24(9-6-10-25(27)34)33(22-16-13-19(2)23(31)17-22)30(32)28(26)29(35)21-7-4-3-5-8-21/h3-5,7-8,11-17,26,32,35H,6,9-10H2,1-2H3/t26-/m0/s1. The Hall–Kier alpha value is -3.63. The molecule has 0 saturated carbocycles. The number of amidine groups is 1. The van der Waals surface area contributed by atoms with Gasteiger partial charge in [0.05, 0.1) is 0 Å². The topological polar surface area (TPSA) is 64.4 Å². The van der Waals surface area contributed by atoms with Gasteiger partial charge in [0.1, 0.15) is 11.6 Å². The van der Waals surface area contributed by atoms with Gasteiger partial charge in [0, 0.05) is 45.5 Å². The molecule has 0 saturated heterocycles. The van der Waals surface area contributed by atoms with E-state index in [0.717, 1.165) is 28.8 Å². The van der Waals surface area contributed by atoms with Crippen molar-refractivity contribution in [3.8, 4) is 0 Å². The van der Waals surface area contributed by atoms with Gasteiger partial charge in [-0.05, 0) is 49.9 Å². The van der Waals surface area contributed by atoms with E-state index < -0.39 is 5.92 Å². The first-order valence-corrected chi connectivity index (χ1v) is 12.2. The van der Waals surface area contributed by atoms with Crippen LogP contribution in [0.2, 0.25) is 5.02 Å². The summed E-state index contributed by atoms with van der Waals surface area (Å²) < 4.78 is 0. The molecule has 2 N–H and O–H groups in total. The summed E-state index contributed by atoms with van der Waals surface area (Å²) >= 11 is 6.48. The van der Waals surface area contributed by atoms with Gasteiger partial charge in [-0.25, -0.2) is 0 Å². The van der Waals surface area contributed by atoms with Gasteiger partial charge in [0.25, 0.3) is 0 Å². The number of aryl methyl sites for hydroxylation is 2. The number of rotatable bonds is 3. The van der Waals surface area contributed by atoms with Gasteiger partial charge in [-0.1, -0.05) is 77.8 Å². The number of nitrogens with zero attached hydrogens (tertiary/aromatic N) is 1. The van der Waals surface area contributed by atoms with E-state index in [-0.39, 0.29) is 17.4 Å². The van der Waals surface area contributed by atoms with Gasteiger partial charge in [0.15, 0.2) is 5.78 Å². The number of benzene rings is 3. The van der Waals surface area contributed by atoms with E-state index in [0.29, 0.717) is 40.3 Å². The minimum atomic E-state index is -0.525. The third-order valence-corrected chi connectivity index (χ3v) is 7.29. The van der Waals surface area contributed by atoms with Crippen molar-refractivity contribution in [2.75, 3.05) is 4.90 Å². The van der Waals surface area contributed by atoms with E-state index in [1.807, 2.05) is 86.6 Å². The lowest BCUT2D eigenvalue weighted by Gasteiger charge is -2.42. The number of allylic oxidation sites excluding steroid dienone is 2. The maximum atomic E-state index is 13.5. The Morgan fingerprint density at radius 2 is 1.71 bits per heavy atom. The van der Waals surface area contributed by atoms with Crippen LogP contribution in [0.15, 0.2) is 89.6 Å². The number of carbonyl (C=O) groups is 1. The summed E-state index contributed by atoms with van der Waals surface area (Å²) in [7, 11) is 0. The predicted molar refractivity (Wildman–Crippen MR) is 142 cm³/mol. The molecule has 0 aromatic heterocycles. The zero-order valence-corrected chi connectivity index (χ0v) is 20.6. The highest BCUT2D eigenvalue weighted by molar-refractivity contribution is 6.32. The first-order chi connectivity index (χ1) is 16.9. The molecule has 1 heterocycles. The molecule has 4 nitrogen and oxygen atoms in total. The van der Waals surface area contributed by atoms with Gasteiger partial charge in [-0.3, -0.25) is 15.1 Å². The van der Waals surface area contributed by atoms with Crippen molar-refractivity contribution in [1.29, 1.82) is 5.41 Å². The average molecular weight is 483 g/mol. The second kappa shape index (κ2) is 9.20. The number of hydrogen-bond donors (Lipinski definition) is 2. The summed E-state index contributed by atoms with van der Waals surface area (Å²) in [5.41, 5.74) is 6.16. The summed E-state index contributed by atoms with van der Waals surface area (Å²) in [6.07, 6.45) is 1.86. The Kier molecular flexibility index (Phi) is 6.08. The molecule has 5 rings (SSSR count). The summed E-state index contributed by atoms with van der Waals surface area (Å²) in [6, 6.07) is 22.9. The fraction of sp³-hybridized carbons (Fsp3) is 0.200. The van der Waals surface area contributed by atoms with Crippen molar-refractivity contribution in [3.63, 3.8) is 0 Å². The Labute approximate surface area is 210 Å². The summed E-state index contributed by atoms with van der Waals surface area (Å²) in [6.45, 7) is 3.95. The maximum Gasteiger partial charge on any atom is 0.161 e. The molecule has 1 atom stereocenters. The predicted octanol–water partition coefficient (Wildman–Crippen LogP) is 7.51. The van der Waals surface area contributed by atoms with Gasteiger partial charge < -0.3 is 5.11 Å². The molecule has 1 aliphatic heterocycles. The van der Waals surface area contributed by atoms with Crippen LogP contribution in [0, 0.1) is 19.3 Å². The summed E-state index contributed by atoms with van der Waals surface area (Å²) in [5, 5.41) is 21.6. The molecule has 35 heavy (non-hydrogen) atoms. The number of ketones is 1. The molecule has 3 aromatic rings. The highest BCUT2D eigenvalue weighted by Crippen LogP contribution is 2.48. The van der Waals surface area contributed by atoms with Gasteiger partial charge >= 0.3 is 0 Å². The summed E-state index contributed by atoms with van der Waals surface area (Å²) in [4.78, 5) is 15.3.